The molecule has 0 saturated heterocycles. The lowest BCUT2D eigenvalue weighted by atomic mass is 9.43. The summed E-state index contributed by atoms with van der Waals surface area (Å²) in [5.74, 6) is 3.46. The summed E-state index contributed by atoms with van der Waals surface area (Å²) in [6, 6.07) is 60.5. The van der Waals surface area contributed by atoms with Crippen molar-refractivity contribution in [2.75, 3.05) is 4.90 Å². The van der Waals surface area contributed by atoms with Crippen LogP contribution in [0, 0.1) is 23.7 Å². The number of rotatable bonds is 5. The second-order valence-electron chi connectivity index (χ2n) is 16.5. The molecule has 1 heterocycles. The van der Waals surface area contributed by atoms with Gasteiger partial charge in [0.2, 0.25) is 0 Å². The smallest absolute Gasteiger partial charge is 0.135 e. The SMILES string of the molecule is c1ccc(N(c2ccc(-c3ccc(-c4cccc5c4-c4ccccc4C54C5CC6CC(C5)CC4C6)cc3)cc2)c2ccc3oc4ccccc4c3c2)cc1. The van der Waals surface area contributed by atoms with Crippen molar-refractivity contribution in [1.29, 1.82) is 0 Å². The Morgan fingerprint density at radius 2 is 1.00 bits per heavy atom. The minimum Gasteiger partial charge on any atom is -0.456 e. The Hall–Kier alpha value is -5.86. The molecule has 1 aromatic heterocycles. The summed E-state index contributed by atoms with van der Waals surface area (Å²) in [5, 5.41) is 2.26. The maximum absolute atomic E-state index is 6.17. The summed E-state index contributed by atoms with van der Waals surface area (Å²) in [5.41, 5.74) is 16.7. The van der Waals surface area contributed by atoms with Crippen LogP contribution in [-0.2, 0) is 5.41 Å². The molecular formula is C52H41NO. The van der Waals surface area contributed by atoms with Crippen LogP contribution in [0.5, 0.6) is 0 Å². The van der Waals surface area contributed by atoms with Crippen LogP contribution in [0.1, 0.15) is 43.2 Å². The van der Waals surface area contributed by atoms with Gasteiger partial charge in [0.1, 0.15) is 11.2 Å². The molecule has 7 aromatic carbocycles. The molecule has 0 atom stereocenters. The quantitative estimate of drug-likeness (QED) is 0.178. The summed E-state index contributed by atoms with van der Waals surface area (Å²) in [4.78, 5) is 2.33. The Morgan fingerprint density at radius 1 is 0.426 bits per heavy atom. The number of anilines is 3. The Labute approximate surface area is 316 Å². The fourth-order valence-electron chi connectivity index (χ4n) is 12.0. The first-order valence-corrected chi connectivity index (χ1v) is 19.9. The summed E-state index contributed by atoms with van der Waals surface area (Å²) >= 11 is 0. The number of furan rings is 1. The first-order valence-electron chi connectivity index (χ1n) is 19.9. The summed E-state index contributed by atoms with van der Waals surface area (Å²) in [7, 11) is 0. The molecule has 1 spiro atoms. The molecule has 0 aliphatic heterocycles. The number of benzene rings is 7. The summed E-state index contributed by atoms with van der Waals surface area (Å²) in [6.07, 6.45) is 7.14. The standard InChI is InChI=1S/C52H41NO/c1-2-9-40(10-3-1)53(42-25-26-50-46(32-42)44-11-5-7-16-49(44)54-50)41-23-21-36(22-24-41)35-17-19-37(20-18-35)43-13-8-15-48-51(43)45-12-4-6-14-47(45)52(48)38-28-33-27-34(30-38)31-39(52)29-33/h1-26,32-34,38-39H,27-31H2. The molecule has 8 aromatic rings. The number of hydrogen-bond acceptors (Lipinski definition) is 2. The van der Waals surface area contributed by atoms with Gasteiger partial charge in [0.05, 0.1) is 0 Å². The molecular weight excluding hydrogens is 655 g/mol. The van der Waals surface area contributed by atoms with E-state index in [4.69, 9.17) is 4.42 Å². The van der Waals surface area contributed by atoms with Crippen molar-refractivity contribution in [2.45, 2.75) is 37.5 Å². The van der Waals surface area contributed by atoms with Gasteiger partial charge >= 0.3 is 0 Å². The molecule has 4 saturated carbocycles. The van der Waals surface area contributed by atoms with E-state index in [-0.39, 0.29) is 5.41 Å². The molecule has 260 valence electrons. The van der Waals surface area contributed by atoms with E-state index in [0.717, 1.165) is 62.7 Å². The molecule has 54 heavy (non-hydrogen) atoms. The van der Waals surface area contributed by atoms with Crippen molar-refractivity contribution >= 4 is 39.0 Å². The predicted octanol–water partition coefficient (Wildman–Crippen LogP) is 14.1. The second-order valence-corrected chi connectivity index (χ2v) is 16.5. The molecule has 5 aliphatic rings. The molecule has 13 rings (SSSR count). The minimum atomic E-state index is 0.197. The number of hydrogen-bond donors (Lipinski definition) is 0. The third-order valence-electron chi connectivity index (χ3n) is 13.9. The second kappa shape index (κ2) is 11.6. The largest absolute Gasteiger partial charge is 0.456 e. The van der Waals surface area contributed by atoms with E-state index < -0.39 is 0 Å². The van der Waals surface area contributed by atoms with Gasteiger partial charge in [-0.25, -0.2) is 0 Å². The molecule has 2 nitrogen and oxygen atoms in total. The van der Waals surface area contributed by atoms with Crippen molar-refractivity contribution in [3.8, 4) is 33.4 Å². The van der Waals surface area contributed by atoms with Gasteiger partial charge in [-0.15, -0.1) is 0 Å². The molecule has 0 unspecified atom stereocenters. The monoisotopic (exact) mass is 695 g/mol. The van der Waals surface area contributed by atoms with Crippen LogP contribution in [0.25, 0.3) is 55.3 Å². The highest BCUT2D eigenvalue weighted by Crippen LogP contribution is 2.70. The van der Waals surface area contributed by atoms with E-state index in [1.54, 1.807) is 11.1 Å². The van der Waals surface area contributed by atoms with Crippen LogP contribution in [0.4, 0.5) is 17.1 Å². The fraction of sp³-hybridized carbons (Fsp3) is 0.192. The first kappa shape index (κ1) is 30.6. The third-order valence-corrected chi connectivity index (χ3v) is 13.9. The van der Waals surface area contributed by atoms with Gasteiger partial charge in [0.15, 0.2) is 0 Å². The van der Waals surface area contributed by atoms with Crippen molar-refractivity contribution in [3.63, 3.8) is 0 Å². The van der Waals surface area contributed by atoms with Crippen molar-refractivity contribution in [3.05, 3.63) is 175 Å². The molecule has 0 amide bonds. The van der Waals surface area contributed by atoms with Crippen molar-refractivity contribution in [2.24, 2.45) is 23.7 Å². The Morgan fingerprint density at radius 3 is 1.78 bits per heavy atom. The number of fused-ring (bicyclic) bond motifs is 6. The minimum absolute atomic E-state index is 0.197. The Kier molecular flexibility index (Phi) is 6.55. The Bertz CT molecular complexity index is 2690. The molecule has 2 heteroatoms. The fourth-order valence-corrected chi connectivity index (χ4v) is 12.0. The zero-order chi connectivity index (χ0) is 35.4. The zero-order valence-corrected chi connectivity index (χ0v) is 30.3. The maximum Gasteiger partial charge on any atom is 0.135 e. The van der Waals surface area contributed by atoms with Gasteiger partial charge < -0.3 is 9.32 Å². The molecule has 5 aliphatic carbocycles. The highest BCUT2D eigenvalue weighted by atomic mass is 16.3. The summed E-state index contributed by atoms with van der Waals surface area (Å²) in [6.45, 7) is 0. The van der Waals surface area contributed by atoms with Crippen molar-refractivity contribution < 1.29 is 4.42 Å². The maximum atomic E-state index is 6.17. The van der Waals surface area contributed by atoms with E-state index >= 15 is 0 Å². The van der Waals surface area contributed by atoms with Gasteiger partial charge in [-0.2, -0.15) is 0 Å². The average Bonchev–Trinajstić information content (AvgIpc) is 3.74. The van der Waals surface area contributed by atoms with Gasteiger partial charge in [-0.05, 0) is 149 Å². The number of nitrogens with zero attached hydrogens (tertiary/aromatic N) is 1. The van der Waals surface area contributed by atoms with Crippen LogP contribution in [0.3, 0.4) is 0 Å². The van der Waals surface area contributed by atoms with Gasteiger partial charge in [0, 0.05) is 33.2 Å². The van der Waals surface area contributed by atoms with E-state index in [0.29, 0.717) is 0 Å². The van der Waals surface area contributed by atoms with Gasteiger partial charge in [0.25, 0.3) is 0 Å². The highest BCUT2D eigenvalue weighted by Gasteiger charge is 2.61. The van der Waals surface area contributed by atoms with E-state index in [9.17, 15) is 0 Å². The topological polar surface area (TPSA) is 16.4 Å². The predicted molar refractivity (Wildman–Crippen MR) is 223 cm³/mol. The Balaban J connectivity index is 0.898. The number of para-hydroxylation sites is 2. The molecule has 0 radical (unpaired) electrons. The normalized spacial score (nSPS) is 23.3. The molecule has 4 bridgehead atoms. The third kappa shape index (κ3) is 4.34. The van der Waals surface area contributed by atoms with Crippen LogP contribution < -0.4 is 4.90 Å². The lowest BCUT2D eigenvalue weighted by molar-refractivity contribution is -0.0399. The highest BCUT2D eigenvalue weighted by molar-refractivity contribution is 6.06. The van der Waals surface area contributed by atoms with Gasteiger partial charge in [-0.1, -0.05) is 115 Å². The first-order chi connectivity index (χ1) is 26.7. The lowest BCUT2D eigenvalue weighted by Crippen LogP contribution is -2.55. The van der Waals surface area contributed by atoms with Crippen LogP contribution in [0.15, 0.2) is 168 Å². The average molecular weight is 696 g/mol. The molecule has 0 N–H and O–H groups in total. The summed E-state index contributed by atoms with van der Waals surface area (Å²) < 4.78 is 6.17. The van der Waals surface area contributed by atoms with Crippen LogP contribution >= 0.6 is 0 Å². The van der Waals surface area contributed by atoms with E-state index in [1.807, 2.05) is 12.1 Å². The van der Waals surface area contributed by atoms with Crippen molar-refractivity contribution in [1.82, 2.24) is 0 Å². The van der Waals surface area contributed by atoms with Crippen LogP contribution in [0.2, 0.25) is 0 Å². The van der Waals surface area contributed by atoms with E-state index in [2.05, 4.69) is 157 Å². The van der Waals surface area contributed by atoms with Crippen LogP contribution in [-0.4, -0.2) is 0 Å². The zero-order valence-electron chi connectivity index (χ0n) is 30.3. The molecule has 4 fully saturated rings. The lowest BCUT2D eigenvalue weighted by Gasteiger charge is -2.61. The van der Waals surface area contributed by atoms with E-state index in [1.165, 1.54) is 65.5 Å². The van der Waals surface area contributed by atoms with Gasteiger partial charge in [-0.3, -0.25) is 0 Å².